The van der Waals surface area contributed by atoms with Gasteiger partial charge in [0.15, 0.2) is 0 Å². The zero-order chi connectivity index (χ0) is 18.0. The van der Waals surface area contributed by atoms with E-state index in [9.17, 15) is 18.0 Å². The van der Waals surface area contributed by atoms with Crippen molar-refractivity contribution >= 4 is 18.3 Å². The third-order valence-electron chi connectivity index (χ3n) is 4.23. The highest BCUT2D eigenvalue weighted by atomic mass is 35.5. The number of hydrogen-bond donors (Lipinski definition) is 1. The molecule has 1 aliphatic heterocycles. The number of amides is 1. The lowest BCUT2D eigenvalue weighted by molar-refractivity contribution is -0.137. The second-order valence-corrected chi connectivity index (χ2v) is 6.30. The minimum absolute atomic E-state index is 0. The lowest BCUT2D eigenvalue weighted by atomic mass is 9.90. The Balaban J connectivity index is 0.00000312. The van der Waals surface area contributed by atoms with Crippen molar-refractivity contribution in [3.8, 4) is 5.75 Å². The molecule has 0 aliphatic carbocycles. The molecule has 1 aliphatic rings. The molecule has 1 amide bonds. The van der Waals surface area contributed by atoms with Crippen LogP contribution in [0, 0.1) is 5.41 Å². The van der Waals surface area contributed by atoms with Crippen molar-refractivity contribution in [2.24, 2.45) is 11.1 Å². The van der Waals surface area contributed by atoms with Gasteiger partial charge in [0.05, 0.1) is 11.1 Å². The van der Waals surface area contributed by atoms with Crippen molar-refractivity contribution in [2.45, 2.75) is 19.5 Å². The third kappa shape index (κ3) is 4.89. The summed E-state index contributed by atoms with van der Waals surface area (Å²) in [5.74, 6) is -0.355. The van der Waals surface area contributed by atoms with E-state index in [2.05, 4.69) is 6.58 Å². The highest BCUT2D eigenvalue weighted by Crippen LogP contribution is 2.35. The number of ether oxygens (including phenoxy) is 1. The molecule has 1 unspecified atom stereocenters. The zero-order valence-corrected chi connectivity index (χ0v) is 14.8. The van der Waals surface area contributed by atoms with E-state index in [1.807, 2.05) is 6.92 Å². The van der Waals surface area contributed by atoms with Crippen LogP contribution in [0.15, 0.2) is 30.9 Å². The van der Waals surface area contributed by atoms with E-state index in [0.29, 0.717) is 19.6 Å². The first-order valence-electron chi connectivity index (χ1n) is 7.64. The molecule has 8 heteroatoms. The quantitative estimate of drug-likeness (QED) is 0.798. The highest BCUT2D eigenvalue weighted by molar-refractivity contribution is 5.97. The third-order valence-corrected chi connectivity index (χ3v) is 4.23. The fourth-order valence-corrected chi connectivity index (χ4v) is 2.68. The SMILES string of the molecule is C=CCOc1ccc(C(F)(F)F)cc1C(=O)N1CCC(C)(CN)C1.Cl. The zero-order valence-electron chi connectivity index (χ0n) is 13.9. The maximum Gasteiger partial charge on any atom is 0.416 e. The van der Waals surface area contributed by atoms with E-state index < -0.39 is 17.6 Å². The van der Waals surface area contributed by atoms with E-state index in [0.717, 1.165) is 18.6 Å². The van der Waals surface area contributed by atoms with E-state index in [1.165, 1.54) is 17.0 Å². The van der Waals surface area contributed by atoms with Crippen molar-refractivity contribution < 1.29 is 22.7 Å². The fraction of sp³-hybridized carbons (Fsp3) is 0.471. The van der Waals surface area contributed by atoms with Crippen molar-refractivity contribution in [2.75, 3.05) is 26.2 Å². The van der Waals surface area contributed by atoms with E-state index in [-0.39, 0.29) is 35.7 Å². The monoisotopic (exact) mass is 378 g/mol. The number of hydrogen-bond acceptors (Lipinski definition) is 3. The van der Waals surface area contributed by atoms with Crippen molar-refractivity contribution in [3.05, 3.63) is 42.0 Å². The Labute approximate surface area is 151 Å². The van der Waals surface area contributed by atoms with Gasteiger partial charge in [-0.25, -0.2) is 0 Å². The van der Waals surface area contributed by atoms with Crippen LogP contribution in [-0.4, -0.2) is 37.0 Å². The Morgan fingerprint density at radius 3 is 2.68 bits per heavy atom. The predicted octanol–water partition coefficient (Wildman–Crippen LogP) is 3.50. The number of rotatable bonds is 5. The Bertz CT molecular complexity index is 637. The van der Waals surface area contributed by atoms with Gasteiger partial charge in [-0.1, -0.05) is 19.6 Å². The maximum atomic E-state index is 13.0. The molecule has 4 nitrogen and oxygen atoms in total. The molecule has 0 bridgehead atoms. The minimum Gasteiger partial charge on any atom is -0.489 e. The van der Waals surface area contributed by atoms with Crippen molar-refractivity contribution in [3.63, 3.8) is 0 Å². The normalized spacial score (nSPS) is 20.1. The standard InChI is InChI=1S/C17H21F3N2O2.ClH/c1-3-8-24-14-5-4-12(17(18,19)20)9-13(14)15(23)22-7-6-16(2,10-21)11-22;/h3-5,9H,1,6-8,10-11,21H2,2H3;1H. The molecular weight excluding hydrogens is 357 g/mol. The molecular formula is C17H22ClF3N2O2. The number of nitrogens with zero attached hydrogens (tertiary/aromatic N) is 1. The topological polar surface area (TPSA) is 55.6 Å². The molecule has 1 aromatic carbocycles. The van der Waals surface area contributed by atoms with Crippen LogP contribution in [0.25, 0.3) is 0 Å². The van der Waals surface area contributed by atoms with Gasteiger partial charge in [-0.05, 0) is 36.6 Å². The number of alkyl halides is 3. The Morgan fingerprint density at radius 2 is 2.16 bits per heavy atom. The van der Waals surface area contributed by atoms with Gasteiger partial charge < -0.3 is 15.4 Å². The van der Waals surface area contributed by atoms with E-state index in [1.54, 1.807) is 0 Å². The largest absolute Gasteiger partial charge is 0.489 e. The molecule has 2 N–H and O–H groups in total. The van der Waals surface area contributed by atoms with E-state index in [4.69, 9.17) is 10.5 Å². The molecule has 1 fully saturated rings. The molecule has 2 rings (SSSR count). The number of benzene rings is 1. The van der Waals surface area contributed by atoms with Crippen LogP contribution >= 0.6 is 12.4 Å². The highest BCUT2D eigenvalue weighted by Gasteiger charge is 2.37. The van der Waals surface area contributed by atoms with Gasteiger partial charge in [0.25, 0.3) is 5.91 Å². The summed E-state index contributed by atoms with van der Waals surface area (Å²) in [5.41, 5.74) is 4.55. The summed E-state index contributed by atoms with van der Waals surface area (Å²) in [6.07, 6.45) is -2.34. The Kier molecular flexibility index (Phi) is 6.90. The Hall–Kier alpha value is -1.73. The summed E-state index contributed by atoms with van der Waals surface area (Å²) in [6, 6.07) is 2.93. The van der Waals surface area contributed by atoms with Crippen molar-refractivity contribution in [1.82, 2.24) is 4.90 Å². The van der Waals surface area contributed by atoms with Crippen LogP contribution < -0.4 is 10.5 Å². The average molecular weight is 379 g/mol. The van der Waals surface area contributed by atoms with Crippen LogP contribution in [0.2, 0.25) is 0 Å². The van der Waals surface area contributed by atoms with Crippen LogP contribution in [0.5, 0.6) is 5.75 Å². The number of likely N-dealkylation sites (tertiary alicyclic amines) is 1. The van der Waals surface area contributed by atoms with Crippen LogP contribution in [0.4, 0.5) is 13.2 Å². The molecule has 0 saturated carbocycles. The minimum atomic E-state index is -4.53. The fourth-order valence-electron chi connectivity index (χ4n) is 2.68. The number of carbonyl (C=O) groups excluding carboxylic acids is 1. The van der Waals surface area contributed by atoms with Crippen LogP contribution in [-0.2, 0) is 6.18 Å². The lowest BCUT2D eigenvalue weighted by Gasteiger charge is -2.23. The number of carbonyl (C=O) groups is 1. The van der Waals surface area contributed by atoms with Gasteiger partial charge >= 0.3 is 6.18 Å². The summed E-state index contributed by atoms with van der Waals surface area (Å²) in [4.78, 5) is 14.3. The molecule has 0 radical (unpaired) electrons. The molecule has 0 aromatic heterocycles. The molecule has 1 saturated heterocycles. The second kappa shape index (κ2) is 8.10. The second-order valence-electron chi connectivity index (χ2n) is 6.30. The number of nitrogens with two attached hydrogens (primary N) is 1. The summed E-state index contributed by atoms with van der Waals surface area (Å²) in [6.45, 7) is 6.86. The first-order chi connectivity index (χ1) is 11.2. The smallest absolute Gasteiger partial charge is 0.416 e. The summed E-state index contributed by atoms with van der Waals surface area (Å²) in [5, 5.41) is 0. The molecule has 140 valence electrons. The molecule has 1 atom stereocenters. The molecule has 1 aromatic rings. The van der Waals surface area contributed by atoms with Gasteiger partial charge in [0, 0.05) is 13.1 Å². The van der Waals surface area contributed by atoms with Gasteiger partial charge in [-0.2, -0.15) is 13.2 Å². The maximum absolute atomic E-state index is 13.0. The van der Waals surface area contributed by atoms with Gasteiger partial charge in [0.2, 0.25) is 0 Å². The summed E-state index contributed by atoms with van der Waals surface area (Å²) >= 11 is 0. The lowest BCUT2D eigenvalue weighted by Crippen LogP contribution is -2.34. The Morgan fingerprint density at radius 1 is 1.48 bits per heavy atom. The number of halogens is 4. The first kappa shape index (κ1) is 21.3. The van der Waals surface area contributed by atoms with Gasteiger partial charge in [0.1, 0.15) is 12.4 Å². The van der Waals surface area contributed by atoms with Gasteiger partial charge in [-0.3, -0.25) is 4.79 Å². The molecule has 0 spiro atoms. The van der Waals surface area contributed by atoms with E-state index >= 15 is 0 Å². The first-order valence-corrected chi connectivity index (χ1v) is 7.64. The van der Waals surface area contributed by atoms with Gasteiger partial charge in [-0.15, -0.1) is 12.4 Å². The van der Waals surface area contributed by atoms with Crippen molar-refractivity contribution in [1.29, 1.82) is 0 Å². The summed E-state index contributed by atoms with van der Waals surface area (Å²) < 4.78 is 44.3. The predicted molar refractivity (Wildman–Crippen MR) is 92.1 cm³/mol. The summed E-state index contributed by atoms with van der Waals surface area (Å²) in [7, 11) is 0. The molecule has 25 heavy (non-hydrogen) atoms. The van der Waals surface area contributed by atoms with Crippen LogP contribution in [0.3, 0.4) is 0 Å². The molecule has 1 heterocycles. The average Bonchev–Trinajstić information content (AvgIpc) is 2.94. The van der Waals surface area contributed by atoms with Crippen LogP contribution in [0.1, 0.15) is 29.3 Å².